The van der Waals surface area contributed by atoms with Crippen LogP contribution in [-0.4, -0.2) is 17.6 Å². The third kappa shape index (κ3) is 4.55. The van der Waals surface area contributed by atoms with Crippen LogP contribution in [0.2, 0.25) is 0 Å². The number of nitrogens with one attached hydrogen (secondary N) is 1. The molecule has 3 nitrogen and oxygen atoms in total. The first-order chi connectivity index (χ1) is 10.8. The van der Waals surface area contributed by atoms with Gasteiger partial charge in [0.1, 0.15) is 0 Å². The Hall–Kier alpha value is -2.36. The first-order valence-corrected chi connectivity index (χ1v) is 7.63. The number of rotatable bonds is 4. The maximum Gasteiger partial charge on any atom is 0.251 e. The van der Waals surface area contributed by atoms with Crippen molar-refractivity contribution in [1.29, 1.82) is 0 Å². The van der Waals surface area contributed by atoms with Crippen molar-refractivity contribution in [3.8, 4) is 5.75 Å². The van der Waals surface area contributed by atoms with E-state index in [0.29, 0.717) is 13.0 Å². The Bertz CT molecular complexity index is 688. The molecule has 0 aliphatic heterocycles. The lowest BCUT2D eigenvalue weighted by Crippen LogP contribution is -2.25. The minimum absolute atomic E-state index is 0.121. The van der Waals surface area contributed by atoms with Gasteiger partial charge in [0, 0.05) is 12.1 Å². The summed E-state index contributed by atoms with van der Waals surface area (Å²) in [6.45, 7) is 6.97. The normalized spacial score (nSPS) is 11.3. The number of phenols is 1. The number of halogens is 1. The van der Waals surface area contributed by atoms with E-state index in [1.54, 1.807) is 0 Å². The molecule has 0 bridgehead atoms. The molecule has 4 heteroatoms. The predicted molar refractivity (Wildman–Crippen MR) is 89.2 cm³/mol. The van der Waals surface area contributed by atoms with Crippen LogP contribution in [0.4, 0.5) is 4.39 Å². The number of hydrogen-bond acceptors (Lipinski definition) is 2. The van der Waals surface area contributed by atoms with Crippen LogP contribution in [0.3, 0.4) is 0 Å². The monoisotopic (exact) mass is 315 g/mol. The highest BCUT2D eigenvalue weighted by Gasteiger charge is 2.13. The SMILES string of the molecule is CC(C)(C)c1ccc(CCNC(=O)c2ccc(O)c(F)c2)cc1. The smallest absolute Gasteiger partial charge is 0.251 e. The van der Waals surface area contributed by atoms with Crippen molar-refractivity contribution < 1.29 is 14.3 Å². The summed E-state index contributed by atoms with van der Waals surface area (Å²) in [5, 5.41) is 11.9. The van der Waals surface area contributed by atoms with Gasteiger partial charge < -0.3 is 10.4 Å². The molecule has 0 fully saturated rings. The second kappa shape index (κ2) is 6.82. The fourth-order valence-corrected chi connectivity index (χ4v) is 2.24. The van der Waals surface area contributed by atoms with Crippen molar-refractivity contribution >= 4 is 5.91 Å². The van der Waals surface area contributed by atoms with Gasteiger partial charge in [0.2, 0.25) is 0 Å². The van der Waals surface area contributed by atoms with Gasteiger partial charge in [-0.1, -0.05) is 45.0 Å². The summed E-state index contributed by atoms with van der Waals surface area (Å²) in [5.74, 6) is -1.61. The van der Waals surface area contributed by atoms with Gasteiger partial charge in [-0.3, -0.25) is 4.79 Å². The number of carbonyl (C=O) groups is 1. The molecule has 0 aliphatic carbocycles. The quantitative estimate of drug-likeness (QED) is 0.901. The van der Waals surface area contributed by atoms with Gasteiger partial charge in [-0.25, -0.2) is 4.39 Å². The van der Waals surface area contributed by atoms with Crippen molar-refractivity contribution in [3.05, 3.63) is 65.0 Å². The van der Waals surface area contributed by atoms with Crippen LogP contribution >= 0.6 is 0 Å². The van der Waals surface area contributed by atoms with E-state index in [9.17, 15) is 9.18 Å². The van der Waals surface area contributed by atoms with Gasteiger partial charge >= 0.3 is 0 Å². The summed E-state index contributed by atoms with van der Waals surface area (Å²) in [5.41, 5.74) is 2.72. The molecule has 0 aromatic heterocycles. The molecule has 0 spiro atoms. The molecule has 2 aromatic rings. The molecule has 0 saturated carbocycles. The van der Waals surface area contributed by atoms with E-state index in [-0.39, 0.29) is 16.9 Å². The van der Waals surface area contributed by atoms with Crippen LogP contribution in [0.1, 0.15) is 42.3 Å². The molecule has 122 valence electrons. The lowest BCUT2D eigenvalue weighted by Gasteiger charge is -2.19. The first kappa shape index (κ1) is 17.0. The fraction of sp³-hybridized carbons (Fsp3) is 0.316. The van der Waals surface area contributed by atoms with Crippen molar-refractivity contribution in [2.75, 3.05) is 6.54 Å². The molecule has 2 aromatic carbocycles. The van der Waals surface area contributed by atoms with Crippen molar-refractivity contribution in [1.82, 2.24) is 5.32 Å². The zero-order valence-electron chi connectivity index (χ0n) is 13.7. The molecular formula is C19H22FNO2. The van der Waals surface area contributed by atoms with Crippen LogP contribution in [0, 0.1) is 5.82 Å². The summed E-state index contributed by atoms with van der Waals surface area (Å²) in [4.78, 5) is 11.9. The van der Waals surface area contributed by atoms with E-state index in [1.807, 2.05) is 0 Å². The van der Waals surface area contributed by atoms with Gasteiger partial charge in [0.25, 0.3) is 5.91 Å². The Morgan fingerprint density at radius 1 is 1.13 bits per heavy atom. The van der Waals surface area contributed by atoms with Crippen LogP contribution in [0.5, 0.6) is 5.75 Å². The molecule has 2 rings (SSSR count). The highest BCUT2D eigenvalue weighted by molar-refractivity contribution is 5.94. The van der Waals surface area contributed by atoms with Crippen molar-refractivity contribution in [2.45, 2.75) is 32.6 Å². The Balaban J connectivity index is 1.89. The number of benzene rings is 2. The van der Waals surface area contributed by atoms with E-state index < -0.39 is 11.6 Å². The van der Waals surface area contributed by atoms with Crippen molar-refractivity contribution in [2.24, 2.45) is 0 Å². The van der Waals surface area contributed by atoms with E-state index in [1.165, 1.54) is 17.7 Å². The number of hydrogen-bond donors (Lipinski definition) is 2. The summed E-state index contributed by atoms with van der Waals surface area (Å²) < 4.78 is 13.2. The van der Waals surface area contributed by atoms with Gasteiger partial charge in [-0.2, -0.15) is 0 Å². The van der Waals surface area contributed by atoms with Crippen LogP contribution in [-0.2, 0) is 11.8 Å². The number of amides is 1. The van der Waals surface area contributed by atoms with Gasteiger partial charge in [0.15, 0.2) is 11.6 Å². The molecule has 1 amide bonds. The standard InChI is InChI=1S/C19H22FNO2/c1-19(2,3)15-7-4-13(5-8-15)10-11-21-18(23)14-6-9-17(22)16(20)12-14/h4-9,12,22H,10-11H2,1-3H3,(H,21,23). The summed E-state index contributed by atoms with van der Waals surface area (Å²) in [6.07, 6.45) is 0.705. The Labute approximate surface area is 136 Å². The summed E-state index contributed by atoms with van der Waals surface area (Å²) in [7, 11) is 0. The second-order valence-corrected chi connectivity index (χ2v) is 6.62. The lowest BCUT2D eigenvalue weighted by atomic mass is 9.86. The zero-order chi connectivity index (χ0) is 17.0. The Morgan fingerprint density at radius 3 is 2.35 bits per heavy atom. The van der Waals surface area contributed by atoms with Gasteiger partial charge in [-0.05, 0) is 41.2 Å². The van der Waals surface area contributed by atoms with E-state index in [4.69, 9.17) is 5.11 Å². The molecule has 23 heavy (non-hydrogen) atoms. The number of phenolic OH excluding ortho intramolecular Hbond substituents is 1. The Kier molecular flexibility index (Phi) is 5.04. The third-order valence-corrected chi connectivity index (χ3v) is 3.73. The van der Waals surface area contributed by atoms with E-state index >= 15 is 0 Å². The maximum absolute atomic E-state index is 13.2. The van der Waals surface area contributed by atoms with E-state index in [2.05, 4.69) is 50.4 Å². The second-order valence-electron chi connectivity index (χ2n) is 6.62. The van der Waals surface area contributed by atoms with Crippen molar-refractivity contribution in [3.63, 3.8) is 0 Å². The molecular weight excluding hydrogens is 293 g/mol. The molecule has 0 heterocycles. The zero-order valence-corrected chi connectivity index (χ0v) is 13.7. The molecule has 0 aliphatic rings. The molecule has 0 unspecified atom stereocenters. The number of aromatic hydroxyl groups is 1. The van der Waals surface area contributed by atoms with E-state index in [0.717, 1.165) is 11.6 Å². The molecule has 0 saturated heterocycles. The average Bonchev–Trinajstić information content (AvgIpc) is 2.49. The average molecular weight is 315 g/mol. The highest BCUT2D eigenvalue weighted by atomic mass is 19.1. The topological polar surface area (TPSA) is 49.3 Å². The fourth-order valence-electron chi connectivity index (χ4n) is 2.24. The summed E-state index contributed by atoms with van der Waals surface area (Å²) >= 11 is 0. The van der Waals surface area contributed by atoms with Crippen LogP contribution in [0.15, 0.2) is 42.5 Å². The summed E-state index contributed by atoms with van der Waals surface area (Å²) in [6, 6.07) is 11.9. The molecule has 0 radical (unpaired) electrons. The third-order valence-electron chi connectivity index (χ3n) is 3.73. The minimum atomic E-state index is -0.796. The van der Waals surface area contributed by atoms with Gasteiger partial charge in [0.05, 0.1) is 0 Å². The minimum Gasteiger partial charge on any atom is -0.505 e. The molecule has 2 N–H and O–H groups in total. The highest BCUT2D eigenvalue weighted by Crippen LogP contribution is 2.22. The maximum atomic E-state index is 13.2. The number of carbonyl (C=O) groups excluding carboxylic acids is 1. The van der Waals surface area contributed by atoms with Gasteiger partial charge in [-0.15, -0.1) is 0 Å². The largest absolute Gasteiger partial charge is 0.505 e. The lowest BCUT2D eigenvalue weighted by molar-refractivity contribution is 0.0953. The predicted octanol–water partition coefficient (Wildman–Crippen LogP) is 3.80. The molecule has 0 atom stereocenters. The Morgan fingerprint density at radius 2 is 1.78 bits per heavy atom. The van der Waals surface area contributed by atoms with Crippen LogP contribution < -0.4 is 5.32 Å². The first-order valence-electron chi connectivity index (χ1n) is 7.63. The van der Waals surface area contributed by atoms with Crippen LogP contribution in [0.25, 0.3) is 0 Å².